The highest BCUT2D eigenvalue weighted by atomic mass is 16.5. The van der Waals surface area contributed by atoms with Gasteiger partial charge >= 0.3 is 5.91 Å². The molecule has 1 amide bonds. The number of rotatable bonds is 6. The summed E-state index contributed by atoms with van der Waals surface area (Å²) in [4.78, 5) is 25.1. The molecule has 0 radical (unpaired) electrons. The minimum Gasteiger partial charge on any atom is -0.544 e. The van der Waals surface area contributed by atoms with Crippen molar-refractivity contribution in [2.24, 2.45) is 0 Å². The Morgan fingerprint density at radius 3 is 2.68 bits per heavy atom. The van der Waals surface area contributed by atoms with Crippen molar-refractivity contribution in [2.75, 3.05) is 52.5 Å². The number of carboxylic acids is 1. The predicted molar refractivity (Wildman–Crippen MR) is 66.0 cm³/mol. The van der Waals surface area contributed by atoms with Gasteiger partial charge in [0.1, 0.15) is 6.54 Å². The Bertz CT molecular complexity index is 342. The molecule has 1 atom stereocenters. The Hall–Kier alpha value is -0.980. The first-order valence-electron chi connectivity index (χ1n) is 7.02. The summed E-state index contributed by atoms with van der Waals surface area (Å²) in [5, 5.41) is 10.9. The van der Waals surface area contributed by atoms with Gasteiger partial charge in [0.05, 0.1) is 38.7 Å². The third-order valence-corrected chi connectivity index (χ3v) is 4.10. The Balaban J connectivity index is 1.83. The van der Waals surface area contributed by atoms with E-state index in [1.54, 1.807) is 0 Å². The van der Waals surface area contributed by atoms with Gasteiger partial charge in [-0.1, -0.05) is 0 Å². The number of carbonyl (C=O) groups excluding carboxylic acids is 2. The van der Waals surface area contributed by atoms with Gasteiger partial charge in [-0.25, -0.2) is 4.79 Å². The molecule has 2 saturated heterocycles. The Kier molecular flexibility index (Phi) is 4.90. The molecule has 2 aliphatic rings. The first-order valence-corrected chi connectivity index (χ1v) is 7.02. The number of carboxylic acid groups (broad SMARTS) is 1. The number of likely N-dealkylation sites (tertiary alicyclic amines) is 1. The fourth-order valence-corrected chi connectivity index (χ4v) is 3.05. The van der Waals surface area contributed by atoms with Gasteiger partial charge in [0.2, 0.25) is 0 Å². The zero-order valence-corrected chi connectivity index (χ0v) is 11.3. The molecule has 0 aromatic carbocycles. The lowest BCUT2D eigenvalue weighted by atomic mass is 10.2. The highest BCUT2D eigenvalue weighted by molar-refractivity contribution is 5.75. The number of carbonyl (C=O) groups is 2. The van der Waals surface area contributed by atoms with Crippen molar-refractivity contribution >= 4 is 11.9 Å². The van der Waals surface area contributed by atoms with Gasteiger partial charge in [0.25, 0.3) is 0 Å². The molecule has 0 N–H and O–H groups in total. The molecule has 6 heteroatoms. The van der Waals surface area contributed by atoms with Gasteiger partial charge in [-0.2, -0.15) is 0 Å². The summed E-state index contributed by atoms with van der Waals surface area (Å²) in [5.41, 5.74) is 0. The van der Waals surface area contributed by atoms with Crippen molar-refractivity contribution in [3.05, 3.63) is 0 Å². The maximum atomic E-state index is 12.0. The standard InChI is InChI=1S/C13H22N2O4/c16-12-3-1-7-15(12,11-13(17)18)8-2-4-14-5-9-19-10-6-14/h1-11H2. The quantitative estimate of drug-likeness (QED) is 0.555. The molecule has 19 heavy (non-hydrogen) atoms. The molecule has 0 spiro atoms. The summed E-state index contributed by atoms with van der Waals surface area (Å²) in [6, 6.07) is 0. The number of aliphatic carboxylic acids is 1. The van der Waals surface area contributed by atoms with Crippen LogP contribution in [0.3, 0.4) is 0 Å². The minimum atomic E-state index is -1.12. The molecule has 0 aliphatic carbocycles. The van der Waals surface area contributed by atoms with E-state index in [0.29, 0.717) is 19.5 Å². The van der Waals surface area contributed by atoms with E-state index in [9.17, 15) is 14.7 Å². The summed E-state index contributed by atoms with van der Waals surface area (Å²) in [6.07, 6.45) is 2.15. The van der Waals surface area contributed by atoms with Crippen LogP contribution in [-0.2, 0) is 14.3 Å². The van der Waals surface area contributed by atoms with Crippen LogP contribution in [0, 0.1) is 0 Å². The number of hydrogen-bond donors (Lipinski definition) is 0. The summed E-state index contributed by atoms with van der Waals surface area (Å²) >= 11 is 0. The molecular weight excluding hydrogens is 248 g/mol. The van der Waals surface area contributed by atoms with Gasteiger partial charge in [-0.05, 0) is 0 Å². The van der Waals surface area contributed by atoms with Crippen LogP contribution in [0.25, 0.3) is 0 Å². The van der Waals surface area contributed by atoms with E-state index in [2.05, 4.69) is 4.90 Å². The third kappa shape index (κ3) is 3.75. The van der Waals surface area contributed by atoms with Crippen LogP contribution < -0.4 is 5.11 Å². The van der Waals surface area contributed by atoms with Crippen molar-refractivity contribution in [2.45, 2.75) is 19.3 Å². The molecule has 0 aromatic rings. The lowest BCUT2D eigenvalue weighted by Crippen LogP contribution is -2.56. The van der Waals surface area contributed by atoms with Crippen LogP contribution in [0.15, 0.2) is 0 Å². The molecule has 2 heterocycles. The van der Waals surface area contributed by atoms with Gasteiger partial charge in [0.15, 0.2) is 0 Å². The molecule has 0 aromatic heterocycles. The maximum absolute atomic E-state index is 12.0. The number of morpholine rings is 1. The zero-order chi connectivity index (χ0) is 13.7. The van der Waals surface area contributed by atoms with Crippen LogP contribution in [0.4, 0.5) is 0 Å². The van der Waals surface area contributed by atoms with Crippen LogP contribution in [-0.4, -0.2) is 73.7 Å². The first-order chi connectivity index (χ1) is 9.12. The topological polar surface area (TPSA) is 69.7 Å². The highest BCUT2D eigenvalue weighted by Crippen LogP contribution is 2.21. The van der Waals surface area contributed by atoms with E-state index in [-0.39, 0.29) is 16.9 Å². The van der Waals surface area contributed by atoms with Crippen molar-refractivity contribution in [1.29, 1.82) is 0 Å². The second kappa shape index (κ2) is 6.45. The van der Waals surface area contributed by atoms with E-state index >= 15 is 0 Å². The lowest BCUT2D eigenvalue weighted by Gasteiger charge is -2.33. The molecule has 0 bridgehead atoms. The van der Waals surface area contributed by atoms with Crippen LogP contribution in [0.2, 0.25) is 0 Å². The number of quaternary nitrogens is 1. The van der Waals surface area contributed by atoms with E-state index in [1.165, 1.54) is 0 Å². The van der Waals surface area contributed by atoms with E-state index < -0.39 is 5.97 Å². The molecule has 108 valence electrons. The van der Waals surface area contributed by atoms with Crippen LogP contribution in [0.5, 0.6) is 0 Å². The number of amides is 1. The molecule has 1 unspecified atom stereocenters. The van der Waals surface area contributed by atoms with Crippen molar-refractivity contribution < 1.29 is 23.9 Å². The van der Waals surface area contributed by atoms with Gasteiger partial charge in [0, 0.05) is 32.5 Å². The average molecular weight is 270 g/mol. The summed E-state index contributed by atoms with van der Waals surface area (Å²) < 4.78 is 5.37. The smallest absolute Gasteiger partial charge is 0.314 e. The zero-order valence-electron chi connectivity index (χ0n) is 11.3. The Morgan fingerprint density at radius 1 is 1.37 bits per heavy atom. The monoisotopic (exact) mass is 270 g/mol. The van der Waals surface area contributed by atoms with Gasteiger partial charge in [-0.15, -0.1) is 0 Å². The normalized spacial score (nSPS) is 28.7. The number of hydrogen-bond acceptors (Lipinski definition) is 5. The van der Waals surface area contributed by atoms with Crippen molar-refractivity contribution in [3.8, 4) is 0 Å². The van der Waals surface area contributed by atoms with E-state index in [0.717, 1.165) is 45.7 Å². The van der Waals surface area contributed by atoms with E-state index in [4.69, 9.17) is 4.74 Å². The molecule has 2 aliphatic heterocycles. The second-order valence-electron chi connectivity index (χ2n) is 5.43. The van der Waals surface area contributed by atoms with Gasteiger partial charge < -0.3 is 14.6 Å². The van der Waals surface area contributed by atoms with Crippen molar-refractivity contribution in [3.63, 3.8) is 0 Å². The molecule has 6 nitrogen and oxygen atoms in total. The summed E-state index contributed by atoms with van der Waals surface area (Å²) in [6.45, 7) is 5.38. The van der Waals surface area contributed by atoms with Crippen LogP contribution in [0.1, 0.15) is 19.3 Å². The Labute approximate surface area is 113 Å². The molecule has 2 fully saturated rings. The average Bonchev–Trinajstić information content (AvgIpc) is 2.71. The van der Waals surface area contributed by atoms with Crippen molar-refractivity contribution in [1.82, 2.24) is 4.90 Å². The second-order valence-corrected chi connectivity index (χ2v) is 5.43. The highest BCUT2D eigenvalue weighted by Gasteiger charge is 2.40. The first kappa shape index (κ1) is 14.4. The summed E-state index contributed by atoms with van der Waals surface area (Å²) in [5.74, 6) is -1.06. The van der Waals surface area contributed by atoms with E-state index in [1.807, 2.05) is 0 Å². The molecular formula is C13H22N2O4. The third-order valence-electron chi connectivity index (χ3n) is 4.10. The largest absolute Gasteiger partial charge is 0.544 e. The van der Waals surface area contributed by atoms with Crippen LogP contribution >= 0.6 is 0 Å². The maximum Gasteiger partial charge on any atom is 0.314 e. The number of ether oxygens (including phenoxy) is 1. The molecule has 0 saturated carbocycles. The fourth-order valence-electron chi connectivity index (χ4n) is 3.05. The number of nitrogens with zero attached hydrogens (tertiary/aromatic N) is 2. The fraction of sp³-hybridized carbons (Fsp3) is 0.846. The minimum absolute atomic E-state index is 0.0613. The molecule has 2 rings (SSSR count). The predicted octanol–water partition coefficient (Wildman–Crippen LogP) is -1.40. The Morgan fingerprint density at radius 2 is 2.11 bits per heavy atom. The summed E-state index contributed by atoms with van der Waals surface area (Å²) in [7, 11) is 0. The van der Waals surface area contributed by atoms with Gasteiger partial charge in [-0.3, -0.25) is 9.38 Å². The lowest BCUT2D eigenvalue weighted by molar-refractivity contribution is -0.841. The SMILES string of the molecule is O=C([O-])C[N+]1(CCCN2CCOCC2)CCCC1=O.